The molecule has 0 aliphatic rings. The molecular formula is C15H13N3O6. The summed E-state index contributed by atoms with van der Waals surface area (Å²) in [4.78, 5) is 22.2. The van der Waals surface area contributed by atoms with Gasteiger partial charge in [0.1, 0.15) is 11.5 Å². The number of rotatable bonds is 5. The second kappa shape index (κ2) is 7.09. The van der Waals surface area contributed by atoms with Crippen molar-refractivity contribution in [3.05, 3.63) is 57.6 Å². The molecule has 0 saturated heterocycles. The van der Waals surface area contributed by atoms with Crippen LogP contribution >= 0.6 is 0 Å². The molecule has 0 aromatic heterocycles. The molecule has 0 atom stereocenters. The molecule has 9 heteroatoms. The molecule has 0 aliphatic carbocycles. The van der Waals surface area contributed by atoms with Gasteiger partial charge in [-0.3, -0.25) is 14.9 Å². The molecule has 1 amide bonds. The number of benzene rings is 2. The Morgan fingerprint density at radius 1 is 1.29 bits per heavy atom. The SMILES string of the molecule is COc1ccc(C=NNC(=O)c2ccc(O)cc2O)cc1[N+](=O)[O-]. The van der Waals surface area contributed by atoms with Gasteiger partial charge < -0.3 is 14.9 Å². The van der Waals surface area contributed by atoms with Gasteiger partial charge in [-0.2, -0.15) is 5.10 Å². The Balaban J connectivity index is 2.12. The number of nitrogens with one attached hydrogen (secondary N) is 1. The third-order valence-electron chi connectivity index (χ3n) is 3.01. The second-order valence-corrected chi connectivity index (χ2v) is 4.59. The normalized spacial score (nSPS) is 10.5. The van der Waals surface area contributed by atoms with Gasteiger partial charge in [-0.15, -0.1) is 0 Å². The van der Waals surface area contributed by atoms with E-state index in [9.17, 15) is 25.1 Å². The molecule has 3 N–H and O–H groups in total. The van der Waals surface area contributed by atoms with Crippen molar-refractivity contribution in [2.24, 2.45) is 5.10 Å². The van der Waals surface area contributed by atoms with Crippen LogP contribution in [0.1, 0.15) is 15.9 Å². The van der Waals surface area contributed by atoms with E-state index in [1.54, 1.807) is 0 Å². The van der Waals surface area contributed by atoms with Crippen LogP contribution in [0, 0.1) is 10.1 Å². The number of aromatic hydroxyl groups is 2. The predicted molar refractivity (Wildman–Crippen MR) is 84.5 cm³/mol. The van der Waals surface area contributed by atoms with Crippen LogP contribution in [0.3, 0.4) is 0 Å². The smallest absolute Gasteiger partial charge is 0.311 e. The van der Waals surface area contributed by atoms with E-state index >= 15 is 0 Å². The predicted octanol–water partition coefficient (Wildman–Crippen LogP) is 1.78. The van der Waals surface area contributed by atoms with Gasteiger partial charge in [0.15, 0.2) is 5.75 Å². The third-order valence-corrected chi connectivity index (χ3v) is 3.01. The lowest BCUT2D eigenvalue weighted by Gasteiger charge is -2.04. The quantitative estimate of drug-likeness (QED) is 0.434. The van der Waals surface area contributed by atoms with Crippen molar-refractivity contribution in [3.63, 3.8) is 0 Å². The number of hydrazone groups is 1. The van der Waals surface area contributed by atoms with E-state index < -0.39 is 16.6 Å². The highest BCUT2D eigenvalue weighted by atomic mass is 16.6. The Morgan fingerprint density at radius 2 is 2.04 bits per heavy atom. The number of phenols is 2. The zero-order chi connectivity index (χ0) is 17.7. The number of carbonyl (C=O) groups is 1. The Bertz CT molecular complexity index is 819. The van der Waals surface area contributed by atoms with Crippen LogP contribution in [0.15, 0.2) is 41.5 Å². The fraction of sp³-hybridized carbons (Fsp3) is 0.0667. The lowest BCUT2D eigenvalue weighted by molar-refractivity contribution is -0.385. The maximum atomic E-state index is 11.8. The van der Waals surface area contributed by atoms with Gasteiger partial charge in [0.05, 0.1) is 23.8 Å². The summed E-state index contributed by atoms with van der Waals surface area (Å²) >= 11 is 0. The van der Waals surface area contributed by atoms with Crippen molar-refractivity contribution < 1.29 is 24.7 Å². The molecule has 0 radical (unpaired) electrons. The summed E-state index contributed by atoms with van der Waals surface area (Å²) in [6.45, 7) is 0. The number of nitro benzene ring substituents is 1. The maximum Gasteiger partial charge on any atom is 0.311 e. The summed E-state index contributed by atoms with van der Waals surface area (Å²) in [7, 11) is 1.32. The summed E-state index contributed by atoms with van der Waals surface area (Å²) in [5.74, 6) is -1.18. The van der Waals surface area contributed by atoms with Crippen molar-refractivity contribution in [3.8, 4) is 17.2 Å². The molecule has 0 spiro atoms. The van der Waals surface area contributed by atoms with E-state index in [0.29, 0.717) is 5.56 Å². The maximum absolute atomic E-state index is 11.8. The monoisotopic (exact) mass is 331 g/mol. The molecule has 0 fully saturated rings. The average Bonchev–Trinajstić information content (AvgIpc) is 2.54. The number of nitro groups is 1. The van der Waals surface area contributed by atoms with Crippen LogP contribution in [0.25, 0.3) is 0 Å². The number of carbonyl (C=O) groups excluding carboxylic acids is 1. The number of phenolic OH excluding ortho intramolecular Hbond substituents is 2. The summed E-state index contributed by atoms with van der Waals surface area (Å²) < 4.78 is 4.88. The molecule has 0 unspecified atom stereocenters. The lowest BCUT2D eigenvalue weighted by atomic mass is 10.2. The lowest BCUT2D eigenvalue weighted by Crippen LogP contribution is -2.17. The molecule has 0 saturated carbocycles. The second-order valence-electron chi connectivity index (χ2n) is 4.59. The molecular weight excluding hydrogens is 318 g/mol. The number of amides is 1. The minimum Gasteiger partial charge on any atom is -0.508 e. The molecule has 2 rings (SSSR count). The number of hydrogen-bond donors (Lipinski definition) is 3. The van der Waals surface area contributed by atoms with Gasteiger partial charge in [-0.25, -0.2) is 5.43 Å². The topological polar surface area (TPSA) is 134 Å². The highest BCUT2D eigenvalue weighted by Crippen LogP contribution is 2.27. The first-order chi connectivity index (χ1) is 11.4. The average molecular weight is 331 g/mol. The summed E-state index contributed by atoms with van der Waals surface area (Å²) in [5, 5.41) is 33.3. The van der Waals surface area contributed by atoms with Crippen LogP contribution in [0.4, 0.5) is 5.69 Å². The van der Waals surface area contributed by atoms with E-state index in [1.807, 2.05) is 0 Å². The van der Waals surface area contributed by atoms with Gasteiger partial charge in [-0.05, 0) is 24.3 Å². The van der Waals surface area contributed by atoms with Crippen LogP contribution in [0.5, 0.6) is 17.2 Å². The van der Waals surface area contributed by atoms with Gasteiger partial charge in [0.2, 0.25) is 0 Å². The van der Waals surface area contributed by atoms with Gasteiger partial charge in [-0.1, -0.05) is 0 Å². The first kappa shape index (κ1) is 16.7. The Labute approximate surface area is 136 Å². The fourth-order valence-corrected chi connectivity index (χ4v) is 1.87. The van der Waals surface area contributed by atoms with Crippen molar-refractivity contribution in [1.29, 1.82) is 0 Å². The number of ether oxygens (including phenoxy) is 1. The van der Waals surface area contributed by atoms with E-state index in [0.717, 1.165) is 6.07 Å². The third kappa shape index (κ3) is 3.77. The first-order valence-electron chi connectivity index (χ1n) is 6.60. The van der Waals surface area contributed by atoms with Gasteiger partial charge in [0, 0.05) is 17.7 Å². The number of methoxy groups -OCH3 is 1. The zero-order valence-electron chi connectivity index (χ0n) is 12.5. The first-order valence-corrected chi connectivity index (χ1v) is 6.60. The van der Waals surface area contributed by atoms with Crippen molar-refractivity contribution in [1.82, 2.24) is 5.43 Å². The minimum atomic E-state index is -0.702. The van der Waals surface area contributed by atoms with E-state index in [4.69, 9.17) is 4.74 Å². The van der Waals surface area contributed by atoms with E-state index in [2.05, 4.69) is 10.5 Å². The Kier molecular flexibility index (Phi) is 4.95. The summed E-state index contributed by atoms with van der Waals surface area (Å²) in [6.07, 6.45) is 1.21. The molecule has 0 heterocycles. The van der Waals surface area contributed by atoms with E-state index in [-0.39, 0.29) is 22.7 Å². The molecule has 2 aromatic carbocycles. The zero-order valence-corrected chi connectivity index (χ0v) is 12.5. The minimum absolute atomic E-state index is 0.0781. The molecule has 9 nitrogen and oxygen atoms in total. The van der Waals surface area contributed by atoms with Crippen molar-refractivity contribution in [2.45, 2.75) is 0 Å². The van der Waals surface area contributed by atoms with Crippen molar-refractivity contribution >= 4 is 17.8 Å². The number of nitrogens with zero attached hydrogens (tertiary/aromatic N) is 2. The van der Waals surface area contributed by atoms with Gasteiger partial charge in [0.25, 0.3) is 5.91 Å². The molecule has 2 aromatic rings. The largest absolute Gasteiger partial charge is 0.508 e. The van der Waals surface area contributed by atoms with Crippen LogP contribution in [-0.4, -0.2) is 34.4 Å². The van der Waals surface area contributed by atoms with Crippen LogP contribution < -0.4 is 10.2 Å². The Morgan fingerprint density at radius 3 is 2.67 bits per heavy atom. The standard InChI is InChI=1S/C15H13N3O6/c1-24-14-5-2-9(6-12(14)18(22)23)8-16-17-15(21)11-4-3-10(19)7-13(11)20/h2-8,19-20H,1H3,(H,17,21). The number of hydrogen-bond acceptors (Lipinski definition) is 7. The Hall–Kier alpha value is -3.62. The highest BCUT2D eigenvalue weighted by molar-refractivity contribution is 5.97. The summed E-state index contributed by atoms with van der Waals surface area (Å²) in [5.41, 5.74) is 2.24. The molecule has 124 valence electrons. The van der Waals surface area contributed by atoms with Gasteiger partial charge >= 0.3 is 5.69 Å². The van der Waals surface area contributed by atoms with Crippen LogP contribution in [0.2, 0.25) is 0 Å². The molecule has 24 heavy (non-hydrogen) atoms. The van der Waals surface area contributed by atoms with Crippen LogP contribution in [-0.2, 0) is 0 Å². The molecule has 0 aliphatic heterocycles. The highest BCUT2D eigenvalue weighted by Gasteiger charge is 2.14. The van der Waals surface area contributed by atoms with Crippen molar-refractivity contribution in [2.75, 3.05) is 7.11 Å². The fourth-order valence-electron chi connectivity index (χ4n) is 1.87. The molecule has 0 bridgehead atoms. The van der Waals surface area contributed by atoms with E-state index in [1.165, 1.54) is 43.7 Å². The summed E-state index contributed by atoms with van der Waals surface area (Å²) in [6, 6.07) is 7.67.